The van der Waals surface area contributed by atoms with E-state index >= 15 is 0 Å². The first-order valence-electron chi connectivity index (χ1n) is 9.84. The number of hydrogen-bond acceptors (Lipinski definition) is 3. The first-order valence-corrected chi connectivity index (χ1v) is 11.4. The molecule has 0 radical (unpaired) electrons. The van der Waals surface area contributed by atoms with E-state index in [0.717, 1.165) is 35.3 Å². The quantitative estimate of drug-likeness (QED) is 0.678. The molecule has 2 atom stereocenters. The highest BCUT2D eigenvalue weighted by molar-refractivity contribution is 7.82. The molecule has 2 aliphatic rings. The van der Waals surface area contributed by atoms with Gasteiger partial charge in [0.25, 0.3) is 0 Å². The van der Waals surface area contributed by atoms with Crippen molar-refractivity contribution in [3.8, 4) is 11.3 Å². The second-order valence-corrected chi connectivity index (χ2v) is 9.19. The second-order valence-electron chi connectivity index (χ2n) is 7.75. The van der Waals surface area contributed by atoms with Gasteiger partial charge < -0.3 is 4.90 Å². The molecule has 5 nitrogen and oxygen atoms in total. The Hall–Kier alpha value is -2.54. The highest BCUT2D eigenvalue weighted by atomic mass is 35.5. The maximum Gasteiger partial charge on any atom is 0.230 e. The van der Waals surface area contributed by atoms with Crippen LogP contribution in [0.1, 0.15) is 16.7 Å². The van der Waals surface area contributed by atoms with E-state index in [-0.39, 0.29) is 11.8 Å². The SMILES string of the molecule is NS(=O)c1cc2c(cc1Cl)CCN2C(=O)C1Cc2ccc(-c3ccccn3)cc2C1. The van der Waals surface area contributed by atoms with Crippen molar-refractivity contribution in [1.82, 2.24) is 4.98 Å². The summed E-state index contributed by atoms with van der Waals surface area (Å²) in [5.74, 6) is -0.00662. The van der Waals surface area contributed by atoms with E-state index in [9.17, 15) is 9.00 Å². The molecule has 0 saturated carbocycles. The van der Waals surface area contributed by atoms with Crippen molar-refractivity contribution in [3.63, 3.8) is 0 Å². The Balaban J connectivity index is 1.40. The molecule has 2 heterocycles. The predicted octanol–water partition coefficient (Wildman–Crippen LogP) is 3.69. The van der Waals surface area contributed by atoms with E-state index in [0.29, 0.717) is 22.9 Å². The van der Waals surface area contributed by atoms with Crippen LogP contribution < -0.4 is 10.0 Å². The molecule has 2 aromatic carbocycles. The average molecular weight is 438 g/mol. The smallest absolute Gasteiger partial charge is 0.230 e. The van der Waals surface area contributed by atoms with E-state index in [1.807, 2.05) is 18.2 Å². The van der Waals surface area contributed by atoms with Crippen LogP contribution >= 0.6 is 11.6 Å². The molecule has 0 saturated heterocycles. The minimum absolute atomic E-state index is 0.0976. The van der Waals surface area contributed by atoms with Crippen molar-refractivity contribution in [2.75, 3.05) is 11.4 Å². The van der Waals surface area contributed by atoms with Crippen LogP contribution in [0.15, 0.2) is 59.6 Å². The highest BCUT2D eigenvalue weighted by Crippen LogP contribution is 2.37. The van der Waals surface area contributed by atoms with Crippen molar-refractivity contribution < 1.29 is 9.00 Å². The van der Waals surface area contributed by atoms with Gasteiger partial charge >= 0.3 is 0 Å². The lowest BCUT2D eigenvalue weighted by atomic mass is 10.0. The molecule has 1 amide bonds. The van der Waals surface area contributed by atoms with Crippen LogP contribution in [0, 0.1) is 5.92 Å². The van der Waals surface area contributed by atoms with Gasteiger partial charge in [0.15, 0.2) is 0 Å². The number of nitrogens with two attached hydrogens (primary N) is 1. The zero-order valence-corrected chi connectivity index (χ0v) is 17.7. The number of anilines is 1. The number of halogens is 1. The molecule has 2 unspecified atom stereocenters. The Morgan fingerprint density at radius 2 is 1.93 bits per heavy atom. The van der Waals surface area contributed by atoms with E-state index in [1.165, 1.54) is 11.1 Å². The number of carbonyl (C=O) groups excluding carboxylic acids is 1. The zero-order chi connectivity index (χ0) is 20.8. The van der Waals surface area contributed by atoms with Crippen molar-refractivity contribution in [3.05, 3.63) is 76.4 Å². The number of fused-ring (bicyclic) bond motifs is 2. The van der Waals surface area contributed by atoms with Crippen LogP contribution in [0.3, 0.4) is 0 Å². The van der Waals surface area contributed by atoms with Gasteiger partial charge in [0.2, 0.25) is 5.91 Å². The third-order valence-corrected chi connectivity index (χ3v) is 7.16. The van der Waals surface area contributed by atoms with E-state index in [4.69, 9.17) is 16.7 Å². The summed E-state index contributed by atoms with van der Waals surface area (Å²) >= 11 is 6.20. The predicted molar refractivity (Wildman–Crippen MR) is 119 cm³/mol. The van der Waals surface area contributed by atoms with Crippen molar-refractivity contribution in [1.29, 1.82) is 0 Å². The van der Waals surface area contributed by atoms with Gasteiger partial charge in [0, 0.05) is 29.9 Å². The Labute approximate surface area is 182 Å². The molecular formula is C23H20ClN3O2S. The van der Waals surface area contributed by atoms with Gasteiger partial charge in [-0.1, -0.05) is 29.8 Å². The van der Waals surface area contributed by atoms with Gasteiger partial charge in [0.05, 0.1) is 15.6 Å². The van der Waals surface area contributed by atoms with Crippen LogP contribution in [-0.4, -0.2) is 21.6 Å². The summed E-state index contributed by atoms with van der Waals surface area (Å²) < 4.78 is 11.8. The fraction of sp³-hybridized carbons (Fsp3) is 0.217. The molecule has 1 aromatic heterocycles. The van der Waals surface area contributed by atoms with Crippen LogP contribution in [0.4, 0.5) is 5.69 Å². The van der Waals surface area contributed by atoms with Gasteiger partial charge in [-0.15, -0.1) is 0 Å². The third-order valence-electron chi connectivity index (χ3n) is 5.96. The molecule has 30 heavy (non-hydrogen) atoms. The average Bonchev–Trinajstić information content (AvgIpc) is 3.36. The Morgan fingerprint density at radius 1 is 1.10 bits per heavy atom. The van der Waals surface area contributed by atoms with Gasteiger partial charge in [-0.2, -0.15) is 0 Å². The van der Waals surface area contributed by atoms with Gasteiger partial charge in [0.1, 0.15) is 11.0 Å². The van der Waals surface area contributed by atoms with Gasteiger partial charge in [-0.3, -0.25) is 9.78 Å². The number of benzene rings is 2. The Bertz CT molecular complexity index is 1180. The standard InChI is InChI=1S/C23H20ClN3O2S/c24-19-12-16-6-8-27(21(16)13-22(19)30(25)29)23(28)18-9-14-4-5-15(10-17(14)11-18)20-3-1-2-7-26-20/h1-5,7,10,12-13,18H,6,8-9,11,25H2. The normalized spacial score (nSPS) is 18.2. The number of pyridine rings is 1. The molecule has 3 aromatic rings. The largest absolute Gasteiger partial charge is 0.312 e. The Morgan fingerprint density at radius 3 is 2.70 bits per heavy atom. The monoisotopic (exact) mass is 437 g/mol. The Kier molecular flexibility index (Phi) is 4.93. The molecule has 1 aliphatic carbocycles. The summed E-state index contributed by atoms with van der Waals surface area (Å²) in [5.41, 5.74) is 6.20. The minimum atomic E-state index is -1.69. The summed E-state index contributed by atoms with van der Waals surface area (Å²) in [6.07, 6.45) is 3.96. The first-order chi connectivity index (χ1) is 14.5. The van der Waals surface area contributed by atoms with Gasteiger partial charge in [-0.05, 0) is 66.3 Å². The maximum absolute atomic E-state index is 13.4. The van der Waals surface area contributed by atoms with E-state index in [1.54, 1.807) is 23.2 Å². The molecule has 0 bridgehead atoms. The van der Waals surface area contributed by atoms with Crippen molar-refractivity contribution >= 4 is 34.2 Å². The highest BCUT2D eigenvalue weighted by Gasteiger charge is 2.35. The van der Waals surface area contributed by atoms with Crippen LogP contribution in [0.5, 0.6) is 0 Å². The molecule has 0 fully saturated rings. The molecular weight excluding hydrogens is 418 g/mol. The molecule has 1 aliphatic heterocycles. The topological polar surface area (TPSA) is 76.3 Å². The molecule has 0 spiro atoms. The maximum atomic E-state index is 13.4. The summed E-state index contributed by atoms with van der Waals surface area (Å²) in [6.45, 7) is 0.608. The molecule has 7 heteroatoms. The van der Waals surface area contributed by atoms with E-state index < -0.39 is 11.0 Å². The second kappa shape index (κ2) is 7.61. The number of amides is 1. The van der Waals surface area contributed by atoms with Crippen molar-refractivity contribution in [2.45, 2.75) is 24.2 Å². The number of nitrogens with zero attached hydrogens (tertiary/aromatic N) is 2. The first kappa shape index (κ1) is 19.4. The minimum Gasteiger partial charge on any atom is -0.312 e. The fourth-order valence-corrected chi connectivity index (χ4v) is 5.37. The van der Waals surface area contributed by atoms with Crippen LogP contribution in [0.2, 0.25) is 5.02 Å². The fourth-order valence-electron chi connectivity index (χ4n) is 4.48. The van der Waals surface area contributed by atoms with E-state index in [2.05, 4.69) is 23.2 Å². The zero-order valence-electron chi connectivity index (χ0n) is 16.2. The van der Waals surface area contributed by atoms with Crippen LogP contribution in [-0.2, 0) is 35.0 Å². The summed E-state index contributed by atoms with van der Waals surface area (Å²) in [4.78, 5) is 20.0. The van der Waals surface area contributed by atoms with Crippen molar-refractivity contribution in [2.24, 2.45) is 11.1 Å². The van der Waals surface area contributed by atoms with Gasteiger partial charge in [-0.25, -0.2) is 9.35 Å². The lowest BCUT2D eigenvalue weighted by Crippen LogP contribution is -2.35. The summed E-state index contributed by atoms with van der Waals surface area (Å²) in [6, 6.07) is 15.7. The number of rotatable bonds is 3. The third kappa shape index (κ3) is 3.35. The number of hydrogen-bond donors (Lipinski definition) is 1. The number of aromatic nitrogens is 1. The lowest BCUT2D eigenvalue weighted by molar-refractivity contribution is -0.122. The number of carbonyl (C=O) groups is 1. The lowest BCUT2D eigenvalue weighted by Gasteiger charge is -2.21. The summed E-state index contributed by atoms with van der Waals surface area (Å²) in [5, 5.41) is 5.94. The molecule has 2 N–H and O–H groups in total. The summed E-state index contributed by atoms with van der Waals surface area (Å²) in [7, 11) is -1.69. The molecule has 152 valence electrons. The van der Waals surface area contributed by atoms with Crippen LogP contribution in [0.25, 0.3) is 11.3 Å². The molecule has 5 rings (SSSR count).